The Morgan fingerprint density at radius 3 is 2.79 bits per heavy atom. The first-order valence-corrected chi connectivity index (χ1v) is 4.64. The minimum Gasteiger partial charge on any atom is -0.511 e. The molecular weight excluding hydrogens is 181 g/mol. The van der Waals surface area contributed by atoms with Crippen molar-refractivity contribution in [3.8, 4) is 0 Å². The van der Waals surface area contributed by atoms with Crippen LogP contribution in [0.25, 0.3) is 11.8 Å². The van der Waals surface area contributed by atoms with Crippen LogP contribution in [0.1, 0.15) is 0 Å². The first-order chi connectivity index (χ1) is 6.71. The number of rotatable bonds is 0. The second kappa shape index (κ2) is 2.36. The molecule has 3 heteroatoms. The second-order valence-electron chi connectivity index (χ2n) is 3.98. The van der Waals surface area contributed by atoms with E-state index in [0.717, 1.165) is 18.3 Å². The van der Waals surface area contributed by atoms with Gasteiger partial charge in [0.1, 0.15) is 11.6 Å². The van der Waals surface area contributed by atoms with Crippen molar-refractivity contribution >= 4 is 11.8 Å². The first-order valence-electron chi connectivity index (χ1n) is 4.64. The maximum atomic E-state index is 13.0. The Morgan fingerprint density at radius 2 is 2.14 bits per heavy atom. The molecule has 14 heavy (non-hydrogen) atoms. The van der Waals surface area contributed by atoms with E-state index >= 15 is 0 Å². The highest BCUT2D eigenvalue weighted by molar-refractivity contribution is 5.65. The van der Waals surface area contributed by atoms with E-state index in [1.165, 1.54) is 12.1 Å². The summed E-state index contributed by atoms with van der Waals surface area (Å²) < 4.78 is 13.0. The van der Waals surface area contributed by atoms with Crippen molar-refractivity contribution in [1.82, 2.24) is 5.32 Å². The van der Waals surface area contributed by atoms with Gasteiger partial charge in [0.05, 0.1) is 5.41 Å². The largest absolute Gasteiger partial charge is 0.511 e. The lowest BCUT2D eigenvalue weighted by Gasteiger charge is -2.37. The molecular formula is C11H10FNO. The van der Waals surface area contributed by atoms with Gasteiger partial charge in [0, 0.05) is 18.3 Å². The van der Waals surface area contributed by atoms with Crippen LogP contribution in [-0.2, 0) is 0 Å². The van der Waals surface area contributed by atoms with Crippen LogP contribution in [0.3, 0.4) is 0 Å². The average Bonchev–Trinajstić information content (AvgIpc) is 2.40. The van der Waals surface area contributed by atoms with Crippen LogP contribution in [0.5, 0.6) is 0 Å². The van der Waals surface area contributed by atoms with E-state index in [9.17, 15) is 9.50 Å². The summed E-state index contributed by atoms with van der Waals surface area (Å²) in [5.41, 5.74) is -0.254. The molecule has 1 aliphatic heterocycles. The van der Waals surface area contributed by atoms with Crippen LogP contribution in [0.2, 0.25) is 0 Å². The van der Waals surface area contributed by atoms with Gasteiger partial charge >= 0.3 is 0 Å². The summed E-state index contributed by atoms with van der Waals surface area (Å²) in [6, 6.07) is 4.54. The van der Waals surface area contributed by atoms with E-state index in [2.05, 4.69) is 5.32 Å². The van der Waals surface area contributed by atoms with Crippen molar-refractivity contribution in [2.45, 2.75) is 0 Å². The Labute approximate surface area is 80.4 Å². The van der Waals surface area contributed by atoms with Gasteiger partial charge in [-0.25, -0.2) is 4.39 Å². The number of hydrogen-bond donors (Lipinski definition) is 2. The molecule has 2 nitrogen and oxygen atoms in total. The van der Waals surface area contributed by atoms with Gasteiger partial charge in [-0.3, -0.25) is 0 Å². The van der Waals surface area contributed by atoms with E-state index in [4.69, 9.17) is 0 Å². The van der Waals surface area contributed by atoms with E-state index in [0.29, 0.717) is 11.0 Å². The second-order valence-corrected chi connectivity index (χ2v) is 3.98. The smallest absolute Gasteiger partial charge is 0.123 e. The van der Waals surface area contributed by atoms with Crippen molar-refractivity contribution < 1.29 is 9.50 Å². The molecule has 1 heterocycles. The molecule has 0 bridgehead atoms. The molecule has 0 saturated carbocycles. The summed E-state index contributed by atoms with van der Waals surface area (Å²) in [5, 5.41) is 14.7. The third-order valence-electron chi connectivity index (χ3n) is 3.05. The number of aliphatic hydroxyl groups is 1. The molecule has 1 saturated heterocycles. The number of aliphatic hydroxyl groups excluding tert-OH is 1. The third-order valence-corrected chi connectivity index (χ3v) is 3.05. The summed E-state index contributed by atoms with van der Waals surface area (Å²) in [4.78, 5) is 0. The molecule has 0 unspecified atom stereocenters. The fourth-order valence-electron chi connectivity index (χ4n) is 2.16. The van der Waals surface area contributed by atoms with Crippen LogP contribution >= 0.6 is 0 Å². The molecule has 2 aliphatic rings. The highest BCUT2D eigenvalue weighted by Gasteiger charge is 2.41. The molecule has 3 rings (SSSR count). The highest BCUT2D eigenvalue weighted by atomic mass is 19.1. The Balaban J connectivity index is 2.34. The lowest BCUT2D eigenvalue weighted by atomic mass is 9.81. The third kappa shape index (κ3) is 0.826. The normalized spacial score (nSPS) is 21.6. The van der Waals surface area contributed by atoms with Gasteiger partial charge in [-0.15, -0.1) is 0 Å². The number of halogens is 1. The lowest BCUT2D eigenvalue weighted by molar-refractivity contribution is 0.278. The molecule has 0 atom stereocenters. The van der Waals surface area contributed by atoms with Gasteiger partial charge < -0.3 is 10.4 Å². The van der Waals surface area contributed by atoms with Crippen molar-refractivity contribution in [2.75, 3.05) is 13.1 Å². The average molecular weight is 191 g/mol. The Hall–Kier alpha value is -1.35. The molecule has 1 fully saturated rings. The van der Waals surface area contributed by atoms with Crippen LogP contribution < -0.4 is 15.8 Å². The maximum Gasteiger partial charge on any atom is 0.123 e. The van der Waals surface area contributed by atoms with Crippen molar-refractivity contribution in [3.05, 3.63) is 34.5 Å². The summed E-state index contributed by atoms with van der Waals surface area (Å²) in [7, 11) is 0. The monoisotopic (exact) mass is 191 g/mol. The van der Waals surface area contributed by atoms with E-state index < -0.39 is 0 Å². The number of hydrogen-bond acceptors (Lipinski definition) is 2. The summed E-state index contributed by atoms with van der Waals surface area (Å²) >= 11 is 0. The molecule has 1 aromatic rings. The van der Waals surface area contributed by atoms with Crippen molar-refractivity contribution in [2.24, 2.45) is 5.41 Å². The van der Waals surface area contributed by atoms with Crippen LogP contribution in [0.4, 0.5) is 4.39 Å². The van der Waals surface area contributed by atoms with E-state index in [1.54, 1.807) is 6.07 Å². The van der Waals surface area contributed by atoms with Crippen molar-refractivity contribution in [1.29, 1.82) is 0 Å². The Kier molecular flexibility index (Phi) is 1.35. The summed E-state index contributed by atoms with van der Waals surface area (Å²) in [6.45, 7) is 1.49. The molecule has 1 aliphatic carbocycles. The maximum absolute atomic E-state index is 13.0. The molecule has 72 valence electrons. The lowest BCUT2D eigenvalue weighted by Crippen LogP contribution is -2.52. The fourth-order valence-corrected chi connectivity index (χ4v) is 2.16. The van der Waals surface area contributed by atoms with Gasteiger partial charge in [0.25, 0.3) is 0 Å². The topological polar surface area (TPSA) is 32.3 Å². The van der Waals surface area contributed by atoms with Crippen LogP contribution in [0.15, 0.2) is 18.2 Å². The molecule has 2 N–H and O–H groups in total. The fraction of sp³-hybridized carbons (Fsp3) is 0.273. The molecule has 0 radical (unpaired) electrons. The zero-order valence-corrected chi connectivity index (χ0v) is 7.55. The molecule has 1 aromatic carbocycles. The number of fused-ring (bicyclic) bond motifs is 1. The first kappa shape index (κ1) is 8.00. The predicted molar refractivity (Wildman–Crippen MR) is 51.5 cm³/mol. The van der Waals surface area contributed by atoms with Gasteiger partial charge in [-0.05, 0) is 17.4 Å². The number of benzene rings is 1. The van der Waals surface area contributed by atoms with Gasteiger partial charge in [-0.1, -0.05) is 12.1 Å². The SMILES string of the molecule is OC1=c2cc(F)ccc2=CC12CNC2. The number of nitrogens with one attached hydrogen (secondary N) is 1. The van der Waals surface area contributed by atoms with E-state index in [1.807, 2.05) is 6.08 Å². The van der Waals surface area contributed by atoms with Crippen LogP contribution in [0, 0.1) is 11.2 Å². The molecule has 0 amide bonds. The highest BCUT2D eigenvalue weighted by Crippen LogP contribution is 2.33. The van der Waals surface area contributed by atoms with Crippen molar-refractivity contribution in [3.63, 3.8) is 0 Å². The zero-order chi connectivity index (χ0) is 9.76. The van der Waals surface area contributed by atoms with Gasteiger partial charge in [0.15, 0.2) is 0 Å². The predicted octanol–water partition coefficient (Wildman–Crippen LogP) is -0.124. The molecule has 1 spiro atoms. The zero-order valence-electron chi connectivity index (χ0n) is 7.55. The standard InChI is InChI=1S/C11H10FNO/c12-8-2-1-7-4-11(5-13-6-11)10(14)9(7)3-8/h1-4,13-14H,5-6H2. The molecule has 0 aromatic heterocycles. The quantitative estimate of drug-likeness (QED) is 0.599. The van der Waals surface area contributed by atoms with Gasteiger partial charge in [-0.2, -0.15) is 0 Å². The minimum atomic E-state index is -0.298. The Morgan fingerprint density at radius 1 is 1.36 bits per heavy atom. The summed E-state index contributed by atoms with van der Waals surface area (Å²) in [5.74, 6) is 0.0128. The minimum absolute atomic E-state index is 0.254. The van der Waals surface area contributed by atoms with Crippen LogP contribution in [-0.4, -0.2) is 18.2 Å². The van der Waals surface area contributed by atoms with E-state index in [-0.39, 0.29) is 11.2 Å². The Bertz CT molecular complexity index is 517. The van der Waals surface area contributed by atoms with Gasteiger partial charge in [0.2, 0.25) is 0 Å². The summed E-state index contributed by atoms with van der Waals surface area (Å²) in [6.07, 6.45) is 2.02.